The normalized spacial score (nSPS) is 10.0. The maximum absolute atomic E-state index is 11.5. The Morgan fingerprint density at radius 2 is 1.90 bits per heavy atom. The number of hydrogen-bond donors (Lipinski definition) is 2. The van der Waals surface area contributed by atoms with Gasteiger partial charge in [0.1, 0.15) is 6.61 Å². The molecule has 0 fully saturated rings. The molecule has 0 radical (unpaired) electrons. The Morgan fingerprint density at radius 3 is 2.52 bits per heavy atom. The smallest absolute Gasteiger partial charge is 0.265 e. The number of hydrogen-bond acceptors (Lipinski definition) is 4. The first-order valence-corrected chi connectivity index (χ1v) is 6.99. The molecule has 0 unspecified atom stereocenters. The first-order chi connectivity index (χ1) is 10.1. The van der Waals surface area contributed by atoms with Gasteiger partial charge >= 0.3 is 0 Å². The molecule has 0 atom stereocenters. The van der Waals surface area contributed by atoms with Crippen LogP contribution in [-0.4, -0.2) is 13.0 Å². The summed E-state index contributed by atoms with van der Waals surface area (Å²) in [6.07, 6.45) is 0. The number of methoxy groups -OCH3 is 1. The van der Waals surface area contributed by atoms with E-state index in [2.05, 4.69) is 21.4 Å². The zero-order chi connectivity index (χ0) is 15.2. The van der Waals surface area contributed by atoms with Gasteiger partial charge in [-0.15, -0.1) is 0 Å². The fourth-order valence-corrected chi connectivity index (χ4v) is 2.02. The summed E-state index contributed by atoms with van der Waals surface area (Å²) >= 11 is 3.38. The molecule has 6 heteroatoms. The van der Waals surface area contributed by atoms with Crippen LogP contribution in [0.4, 0.5) is 0 Å². The standard InChI is InChI=1S/C15H15BrN2O3/c1-20-13-7-4-11(15(19)18-17)8-14(13)21-9-10-2-5-12(16)6-3-10/h2-8H,9,17H2,1H3,(H,18,19). The van der Waals surface area contributed by atoms with Gasteiger partial charge in [0, 0.05) is 10.0 Å². The Bertz CT molecular complexity index is 629. The molecule has 2 aromatic rings. The molecule has 0 spiro atoms. The summed E-state index contributed by atoms with van der Waals surface area (Å²) in [5.74, 6) is 5.79. The van der Waals surface area contributed by atoms with Gasteiger partial charge in [-0.2, -0.15) is 0 Å². The van der Waals surface area contributed by atoms with E-state index >= 15 is 0 Å². The second-order valence-electron chi connectivity index (χ2n) is 4.25. The van der Waals surface area contributed by atoms with Gasteiger partial charge < -0.3 is 9.47 Å². The average Bonchev–Trinajstić information content (AvgIpc) is 2.53. The van der Waals surface area contributed by atoms with Gasteiger partial charge in [-0.25, -0.2) is 5.84 Å². The SMILES string of the molecule is COc1ccc(C(=O)NN)cc1OCc1ccc(Br)cc1. The van der Waals surface area contributed by atoms with Crippen LogP contribution in [0.1, 0.15) is 15.9 Å². The lowest BCUT2D eigenvalue weighted by Crippen LogP contribution is -2.29. The summed E-state index contributed by atoms with van der Waals surface area (Å²) in [5.41, 5.74) is 3.50. The summed E-state index contributed by atoms with van der Waals surface area (Å²) in [7, 11) is 1.55. The molecule has 3 N–H and O–H groups in total. The molecule has 5 nitrogen and oxygen atoms in total. The number of carbonyl (C=O) groups excluding carboxylic acids is 1. The average molecular weight is 351 g/mol. The van der Waals surface area contributed by atoms with Crippen molar-refractivity contribution in [2.75, 3.05) is 7.11 Å². The number of ether oxygens (including phenoxy) is 2. The number of carbonyl (C=O) groups is 1. The van der Waals surface area contributed by atoms with Crippen molar-refractivity contribution in [3.63, 3.8) is 0 Å². The number of nitrogen functional groups attached to an aromatic ring is 1. The minimum absolute atomic E-state index is 0.372. The number of hydrazine groups is 1. The number of benzene rings is 2. The van der Waals surface area contributed by atoms with Gasteiger partial charge in [-0.05, 0) is 35.9 Å². The predicted octanol–water partition coefficient (Wildman–Crippen LogP) is 2.64. The topological polar surface area (TPSA) is 73.6 Å². The Kier molecular flexibility index (Phi) is 5.19. The molecule has 110 valence electrons. The van der Waals surface area contributed by atoms with Gasteiger partial charge in [-0.1, -0.05) is 28.1 Å². The van der Waals surface area contributed by atoms with E-state index in [9.17, 15) is 4.79 Å². The number of halogens is 1. The predicted molar refractivity (Wildman–Crippen MR) is 83.1 cm³/mol. The molecule has 0 aliphatic rings. The van der Waals surface area contributed by atoms with E-state index in [4.69, 9.17) is 15.3 Å². The Morgan fingerprint density at radius 1 is 1.19 bits per heavy atom. The lowest BCUT2D eigenvalue weighted by atomic mass is 10.2. The van der Waals surface area contributed by atoms with E-state index in [1.165, 1.54) is 0 Å². The fraction of sp³-hybridized carbons (Fsp3) is 0.133. The van der Waals surface area contributed by atoms with Crippen LogP contribution in [0.25, 0.3) is 0 Å². The highest BCUT2D eigenvalue weighted by Crippen LogP contribution is 2.29. The molecule has 0 saturated heterocycles. The third kappa shape index (κ3) is 3.96. The lowest BCUT2D eigenvalue weighted by molar-refractivity contribution is 0.0953. The van der Waals surface area contributed by atoms with Crippen molar-refractivity contribution in [3.8, 4) is 11.5 Å². The monoisotopic (exact) mass is 350 g/mol. The Balaban J connectivity index is 2.17. The minimum atomic E-state index is -0.383. The van der Waals surface area contributed by atoms with Crippen LogP contribution in [0.5, 0.6) is 11.5 Å². The molecule has 0 aliphatic heterocycles. The first-order valence-electron chi connectivity index (χ1n) is 6.20. The Hall–Kier alpha value is -2.05. The van der Waals surface area contributed by atoms with E-state index in [1.807, 2.05) is 24.3 Å². The molecule has 0 saturated carbocycles. The highest BCUT2D eigenvalue weighted by atomic mass is 79.9. The van der Waals surface area contributed by atoms with Crippen LogP contribution in [0.3, 0.4) is 0 Å². The molecule has 2 rings (SSSR count). The van der Waals surface area contributed by atoms with E-state index in [1.54, 1.807) is 25.3 Å². The molecule has 21 heavy (non-hydrogen) atoms. The number of amides is 1. The van der Waals surface area contributed by atoms with Crippen molar-refractivity contribution in [1.82, 2.24) is 5.43 Å². The molecule has 0 heterocycles. The summed E-state index contributed by atoms with van der Waals surface area (Å²) in [6, 6.07) is 12.7. The van der Waals surface area contributed by atoms with E-state index in [-0.39, 0.29) is 5.91 Å². The molecule has 0 aliphatic carbocycles. The molecule has 0 aromatic heterocycles. The van der Waals surface area contributed by atoms with Crippen molar-refractivity contribution in [2.45, 2.75) is 6.61 Å². The Labute approximate surface area is 131 Å². The van der Waals surface area contributed by atoms with Gasteiger partial charge in [0.25, 0.3) is 5.91 Å². The second-order valence-corrected chi connectivity index (χ2v) is 5.17. The molecule has 0 bridgehead atoms. The van der Waals surface area contributed by atoms with Gasteiger partial charge in [0.2, 0.25) is 0 Å². The minimum Gasteiger partial charge on any atom is -0.493 e. The van der Waals surface area contributed by atoms with Gasteiger partial charge in [0.05, 0.1) is 7.11 Å². The van der Waals surface area contributed by atoms with Gasteiger partial charge in [-0.3, -0.25) is 10.2 Å². The van der Waals surface area contributed by atoms with Crippen molar-refractivity contribution in [1.29, 1.82) is 0 Å². The maximum atomic E-state index is 11.5. The van der Waals surface area contributed by atoms with Crippen molar-refractivity contribution < 1.29 is 14.3 Å². The number of nitrogens with two attached hydrogens (primary N) is 1. The van der Waals surface area contributed by atoms with Crippen molar-refractivity contribution in [3.05, 3.63) is 58.1 Å². The molecule has 2 aromatic carbocycles. The summed E-state index contributed by atoms with van der Waals surface area (Å²) in [4.78, 5) is 11.5. The third-order valence-electron chi connectivity index (χ3n) is 2.86. The molecular formula is C15H15BrN2O3. The van der Waals surface area contributed by atoms with E-state index in [0.717, 1.165) is 10.0 Å². The quantitative estimate of drug-likeness (QED) is 0.493. The number of nitrogens with one attached hydrogen (secondary N) is 1. The van der Waals surface area contributed by atoms with Crippen LogP contribution in [0.15, 0.2) is 46.9 Å². The van der Waals surface area contributed by atoms with Crippen LogP contribution < -0.4 is 20.7 Å². The van der Waals surface area contributed by atoms with Crippen LogP contribution in [0, 0.1) is 0 Å². The van der Waals surface area contributed by atoms with Crippen molar-refractivity contribution >= 4 is 21.8 Å². The fourth-order valence-electron chi connectivity index (χ4n) is 1.76. The number of rotatable bonds is 5. The third-order valence-corrected chi connectivity index (χ3v) is 3.39. The van der Waals surface area contributed by atoms with Crippen LogP contribution in [-0.2, 0) is 6.61 Å². The van der Waals surface area contributed by atoms with Crippen molar-refractivity contribution in [2.24, 2.45) is 5.84 Å². The van der Waals surface area contributed by atoms with Crippen LogP contribution in [0.2, 0.25) is 0 Å². The highest BCUT2D eigenvalue weighted by Gasteiger charge is 2.10. The summed E-state index contributed by atoms with van der Waals surface area (Å²) in [5, 5.41) is 0. The summed E-state index contributed by atoms with van der Waals surface area (Å²) in [6.45, 7) is 0.372. The maximum Gasteiger partial charge on any atom is 0.265 e. The van der Waals surface area contributed by atoms with Crippen LogP contribution >= 0.6 is 15.9 Å². The molecule has 1 amide bonds. The van der Waals surface area contributed by atoms with Gasteiger partial charge in [0.15, 0.2) is 11.5 Å². The second kappa shape index (κ2) is 7.10. The van der Waals surface area contributed by atoms with E-state index in [0.29, 0.717) is 23.7 Å². The van der Waals surface area contributed by atoms with E-state index < -0.39 is 0 Å². The zero-order valence-corrected chi connectivity index (χ0v) is 13.0. The zero-order valence-electron chi connectivity index (χ0n) is 11.4. The lowest BCUT2D eigenvalue weighted by Gasteiger charge is -2.12. The molecular weight excluding hydrogens is 336 g/mol. The first kappa shape index (κ1) is 15.3. The summed E-state index contributed by atoms with van der Waals surface area (Å²) < 4.78 is 12.0. The largest absolute Gasteiger partial charge is 0.493 e. The highest BCUT2D eigenvalue weighted by molar-refractivity contribution is 9.10.